The number of benzene rings is 2. The second kappa shape index (κ2) is 8.23. The molecule has 3 N–H and O–H groups in total. The molecule has 2 heterocycles. The first-order chi connectivity index (χ1) is 15.2. The summed E-state index contributed by atoms with van der Waals surface area (Å²) < 4.78 is 5.97. The van der Waals surface area contributed by atoms with E-state index in [9.17, 15) is 19.7 Å². The Hall–Kier alpha value is -3.46. The molecule has 3 unspecified atom stereocenters. The van der Waals surface area contributed by atoms with Gasteiger partial charge < -0.3 is 20.5 Å². The number of carbonyl (C=O) groups excluding carboxylic acids is 1. The van der Waals surface area contributed by atoms with Crippen LogP contribution in [-0.2, 0) is 4.74 Å². The third-order valence-electron chi connectivity index (χ3n) is 6.37. The molecule has 9 nitrogen and oxygen atoms in total. The molecule has 1 fully saturated rings. The maximum Gasteiger partial charge on any atom is 0.335 e. The Morgan fingerprint density at radius 2 is 1.91 bits per heavy atom. The lowest BCUT2D eigenvalue weighted by molar-refractivity contribution is -0.385. The predicted octanol–water partition coefficient (Wildman–Crippen LogP) is 3.62. The Morgan fingerprint density at radius 3 is 2.56 bits per heavy atom. The van der Waals surface area contributed by atoms with Crippen molar-refractivity contribution in [1.82, 2.24) is 5.32 Å². The molecule has 1 saturated heterocycles. The van der Waals surface area contributed by atoms with Crippen LogP contribution in [0.25, 0.3) is 0 Å². The molecule has 2 aromatic rings. The summed E-state index contributed by atoms with van der Waals surface area (Å²) in [6, 6.07) is 10.6. The lowest BCUT2D eigenvalue weighted by Crippen LogP contribution is -2.51. The number of carboxylic acid groups (broad SMARTS) is 1. The summed E-state index contributed by atoms with van der Waals surface area (Å²) in [5.74, 6) is -1.20. The molecular weight excluding hydrogens is 414 g/mol. The maximum absolute atomic E-state index is 12.6. The highest BCUT2D eigenvalue weighted by Crippen LogP contribution is 2.49. The van der Waals surface area contributed by atoms with Gasteiger partial charge in [0.05, 0.1) is 16.6 Å². The number of nitrogens with zero attached hydrogens (tertiary/aromatic N) is 1. The van der Waals surface area contributed by atoms with Crippen LogP contribution in [0, 0.1) is 21.4 Å². The number of rotatable bonds is 6. The van der Waals surface area contributed by atoms with Crippen LogP contribution in [0.1, 0.15) is 52.7 Å². The minimum atomic E-state index is -1.04. The number of hydrogen-bond donors (Lipinski definition) is 3. The van der Waals surface area contributed by atoms with Crippen LogP contribution in [0.3, 0.4) is 0 Å². The highest BCUT2D eigenvalue weighted by atomic mass is 16.6. The zero-order chi connectivity index (χ0) is 23.0. The van der Waals surface area contributed by atoms with Gasteiger partial charge in [-0.3, -0.25) is 14.9 Å². The largest absolute Gasteiger partial charge is 0.478 e. The maximum atomic E-state index is 12.6. The zero-order valence-electron chi connectivity index (χ0n) is 17.8. The van der Waals surface area contributed by atoms with Gasteiger partial charge in [-0.1, -0.05) is 13.8 Å². The summed E-state index contributed by atoms with van der Waals surface area (Å²) in [6.07, 6.45) is 0.591. The number of nitro benzene ring substituents is 1. The van der Waals surface area contributed by atoms with Crippen molar-refractivity contribution >= 4 is 23.3 Å². The number of carboxylic acids is 1. The third-order valence-corrected chi connectivity index (χ3v) is 6.37. The van der Waals surface area contributed by atoms with Gasteiger partial charge in [-0.05, 0) is 36.8 Å². The first-order valence-electron chi connectivity index (χ1n) is 10.5. The van der Waals surface area contributed by atoms with Gasteiger partial charge in [0.25, 0.3) is 11.6 Å². The van der Waals surface area contributed by atoms with Crippen LogP contribution in [0.2, 0.25) is 0 Å². The van der Waals surface area contributed by atoms with Crippen molar-refractivity contribution in [2.45, 2.75) is 32.4 Å². The highest BCUT2D eigenvalue weighted by molar-refractivity contribution is 5.95. The summed E-state index contributed by atoms with van der Waals surface area (Å²) >= 11 is 0. The first kappa shape index (κ1) is 21.8. The van der Waals surface area contributed by atoms with Crippen molar-refractivity contribution in [2.75, 3.05) is 18.5 Å². The minimum Gasteiger partial charge on any atom is -0.478 e. The summed E-state index contributed by atoms with van der Waals surface area (Å²) in [7, 11) is 0. The first-order valence-corrected chi connectivity index (χ1v) is 10.5. The monoisotopic (exact) mass is 439 g/mol. The topological polar surface area (TPSA) is 131 Å². The van der Waals surface area contributed by atoms with Gasteiger partial charge in [0, 0.05) is 59.5 Å². The van der Waals surface area contributed by atoms with Crippen LogP contribution in [0.5, 0.6) is 0 Å². The van der Waals surface area contributed by atoms with E-state index in [1.807, 2.05) is 0 Å². The average molecular weight is 439 g/mol. The summed E-state index contributed by atoms with van der Waals surface area (Å²) in [5, 5.41) is 26.7. The van der Waals surface area contributed by atoms with Crippen molar-refractivity contribution < 1.29 is 24.4 Å². The van der Waals surface area contributed by atoms with Gasteiger partial charge in [0.15, 0.2) is 0 Å². The SMILES string of the molecule is CC(C)(CNC(=O)c1ccc(C(=O)O)cc1)C1Nc2ccc([N+](=O)[O-])cc2C2OCCC21. The van der Waals surface area contributed by atoms with Gasteiger partial charge in [-0.2, -0.15) is 0 Å². The quantitative estimate of drug-likeness (QED) is 0.463. The van der Waals surface area contributed by atoms with E-state index in [0.717, 1.165) is 17.7 Å². The van der Waals surface area contributed by atoms with Crippen LogP contribution in [-0.4, -0.2) is 41.1 Å². The number of carbonyl (C=O) groups is 2. The van der Waals surface area contributed by atoms with E-state index in [1.165, 1.54) is 30.3 Å². The Labute approximate surface area is 184 Å². The van der Waals surface area contributed by atoms with Gasteiger partial charge in [-0.25, -0.2) is 4.79 Å². The number of ether oxygens (including phenoxy) is 1. The molecule has 0 bridgehead atoms. The van der Waals surface area contributed by atoms with E-state index in [1.54, 1.807) is 12.1 Å². The molecule has 9 heteroatoms. The van der Waals surface area contributed by atoms with Gasteiger partial charge >= 0.3 is 5.97 Å². The molecule has 1 amide bonds. The molecule has 0 spiro atoms. The number of aromatic carboxylic acids is 1. The van der Waals surface area contributed by atoms with Gasteiger partial charge in [-0.15, -0.1) is 0 Å². The van der Waals surface area contributed by atoms with Gasteiger partial charge in [0.2, 0.25) is 0 Å². The molecule has 0 aliphatic carbocycles. The standard InChI is InChI=1S/C23H25N3O6/c1-23(2,12-24-21(27)13-3-5-14(6-4-13)22(28)29)20-16-9-10-32-19(16)17-11-15(26(30)31)7-8-18(17)25-20/h3-8,11,16,19-20,25H,9-10,12H2,1-2H3,(H,24,27)(H,28,29). The van der Waals surface area contributed by atoms with Crippen molar-refractivity contribution in [1.29, 1.82) is 0 Å². The van der Waals surface area contributed by atoms with E-state index in [2.05, 4.69) is 24.5 Å². The van der Waals surface area contributed by atoms with Crippen LogP contribution < -0.4 is 10.6 Å². The second-order valence-electron chi connectivity index (χ2n) is 8.95. The molecule has 2 aliphatic rings. The summed E-state index contributed by atoms with van der Waals surface area (Å²) in [5.41, 5.74) is 1.82. The third kappa shape index (κ3) is 4.03. The molecule has 2 aliphatic heterocycles. The fraction of sp³-hybridized carbons (Fsp3) is 0.391. The Kier molecular flexibility index (Phi) is 5.60. The van der Waals surface area contributed by atoms with Crippen molar-refractivity contribution in [3.63, 3.8) is 0 Å². The molecule has 0 aromatic heterocycles. The number of non-ortho nitro benzene ring substituents is 1. The minimum absolute atomic E-state index is 0.0151. The lowest BCUT2D eigenvalue weighted by Gasteiger charge is -2.44. The molecule has 0 radical (unpaired) electrons. The molecule has 2 aromatic carbocycles. The van der Waals surface area contributed by atoms with E-state index in [-0.39, 0.29) is 40.6 Å². The number of amides is 1. The van der Waals surface area contributed by atoms with E-state index < -0.39 is 10.9 Å². The highest BCUT2D eigenvalue weighted by Gasteiger charge is 2.47. The average Bonchev–Trinajstić information content (AvgIpc) is 3.26. The van der Waals surface area contributed by atoms with Crippen molar-refractivity contribution in [3.8, 4) is 0 Å². The molecular formula is C23H25N3O6. The van der Waals surface area contributed by atoms with E-state index >= 15 is 0 Å². The second-order valence-corrected chi connectivity index (χ2v) is 8.95. The molecule has 168 valence electrons. The summed E-state index contributed by atoms with van der Waals surface area (Å²) in [6.45, 7) is 5.08. The Morgan fingerprint density at radius 1 is 1.22 bits per heavy atom. The van der Waals surface area contributed by atoms with Crippen molar-refractivity contribution in [3.05, 3.63) is 69.3 Å². The molecule has 32 heavy (non-hydrogen) atoms. The van der Waals surface area contributed by atoms with Crippen LogP contribution in [0.15, 0.2) is 42.5 Å². The molecule has 3 atom stereocenters. The molecule has 0 saturated carbocycles. The zero-order valence-corrected chi connectivity index (χ0v) is 17.8. The van der Waals surface area contributed by atoms with Crippen LogP contribution in [0.4, 0.5) is 11.4 Å². The fourth-order valence-electron chi connectivity index (χ4n) is 4.63. The number of nitro groups is 1. The van der Waals surface area contributed by atoms with Crippen molar-refractivity contribution in [2.24, 2.45) is 11.3 Å². The number of nitrogens with one attached hydrogen (secondary N) is 2. The fourth-order valence-corrected chi connectivity index (χ4v) is 4.63. The lowest BCUT2D eigenvalue weighted by atomic mass is 9.71. The Bertz CT molecular complexity index is 1070. The van der Waals surface area contributed by atoms with Crippen LogP contribution >= 0.6 is 0 Å². The predicted molar refractivity (Wildman–Crippen MR) is 117 cm³/mol. The normalized spacial score (nSPS) is 21.8. The smallest absolute Gasteiger partial charge is 0.335 e. The number of fused-ring (bicyclic) bond motifs is 3. The van der Waals surface area contributed by atoms with E-state index in [4.69, 9.17) is 9.84 Å². The van der Waals surface area contributed by atoms with E-state index in [0.29, 0.717) is 18.7 Å². The number of anilines is 1. The van der Waals surface area contributed by atoms with Gasteiger partial charge in [0.1, 0.15) is 0 Å². The molecule has 4 rings (SSSR count). The summed E-state index contributed by atoms with van der Waals surface area (Å²) in [4.78, 5) is 34.4. The Balaban J connectivity index is 1.50. The number of hydrogen-bond acceptors (Lipinski definition) is 6.